The molecule has 0 bridgehead atoms. The third-order valence-corrected chi connectivity index (χ3v) is 3.62. The molecule has 0 unspecified atom stereocenters. The van der Waals surface area contributed by atoms with Crippen molar-refractivity contribution in [2.45, 2.75) is 26.4 Å². The molecule has 3 rings (SSSR count). The number of aryl methyl sites for hydroxylation is 2. The van der Waals surface area contributed by atoms with Crippen LogP contribution in [-0.2, 0) is 22.8 Å². The van der Waals surface area contributed by atoms with Crippen molar-refractivity contribution >= 4 is 28.9 Å². The summed E-state index contributed by atoms with van der Waals surface area (Å²) in [6, 6.07) is 7.48. The van der Waals surface area contributed by atoms with Crippen LogP contribution in [0.2, 0.25) is 0 Å². The van der Waals surface area contributed by atoms with Crippen LogP contribution < -0.4 is 0 Å². The van der Waals surface area contributed by atoms with E-state index in [1.165, 1.54) is 12.4 Å². The number of nitrogens with zero attached hydrogens (tertiary/aromatic N) is 3. The van der Waals surface area contributed by atoms with Crippen LogP contribution in [0.25, 0.3) is 22.7 Å². The number of fused-ring (bicyclic) bond motifs is 1. The van der Waals surface area contributed by atoms with Gasteiger partial charge in [-0.2, -0.15) is 21.6 Å². The quantitative estimate of drug-likeness (QED) is 0.451. The highest BCUT2D eigenvalue weighted by Gasteiger charge is 2.28. The SMILES string of the molecule is CCc1cc(/C=N/OCC(F)(F)F)cnc1-c1nc2cc(C)ccc2o1.O=S=O. The van der Waals surface area contributed by atoms with Gasteiger partial charge in [0.15, 0.2) is 5.58 Å². The molecule has 0 fully saturated rings. The van der Waals surface area contributed by atoms with Crippen LogP contribution in [0.15, 0.2) is 40.0 Å². The van der Waals surface area contributed by atoms with E-state index in [-0.39, 0.29) is 0 Å². The van der Waals surface area contributed by atoms with Crippen molar-refractivity contribution < 1.29 is 30.8 Å². The van der Waals surface area contributed by atoms with Crippen LogP contribution >= 0.6 is 0 Å². The first-order valence-corrected chi connectivity index (χ1v) is 8.94. The lowest BCUT2D eigenvalue weighted by Gasteiger charge is -2.05. The maximum atomic E-state index is 12.0. The molecular weight excluding hydrogens is 411 g/mol. The number of hydrogen-bond acceptors (Lipinski definition) is 7. The Balaban J connectivity index is 0.000000941. The summed E-state index contributed by atoms with van der Waals surface area (Å²) in [5.41, 5.74) is 4.45. The predicted octanol–water partition coefficient (Wildman–Crippen LogP) is 4.00. The molecular formula is C18H16F3N3O4S. The molecule has 0 atom stereocenters. The molecule has 0 aliphatic heterocycles. The number of oxazole rings is 1. The van der Waals surface area contributed by atoms with Gasteiger partial charge in [-0.1, -0.05) is 18.1 Å². The van der Waals surface area contributed by atoms with Gasteiger partial charge >= 0.3 is 17.7 Å². The fraction of sp³-hybridized carbons (Fsp3) is 0.278. The molecule has 3 aromatic rings. The average Bonchev–Trinajstić information content (AvgIpc) is 3.07. The maximum absolute atomic E-state index is 12.0. The lowest BCUT2D eigenvalue weighted by atomic mass is 10.1. The monoisotopic (exact) mass is 427 g/mol. The fourth-order valence-electron chi connectivity index (χ4n) is 2.41. The molecule has 154 valence electrons. The molecule has 0 saturated heterocycles. The smallest absolute Gasteiger partial charge is 0.425 e. The lowest BCUT2D eigenvalue weighted by molar-refractivity contribution is -0.173. The normalized spacial score (nSPS) is 11.3. The zero-order valence-corrected chi connectivity index (χ0v) is 16.2. The van der Waals surface area contributed by atoms with Crippen LogP contribution in [0, 0.1) is 6.92 Å². The highest BCUT2D eigenvalue weighted by atomic mass is 32.1. The first-order valence-electron chi connectivity index (χ1n) is 8.27. The third-order valence-electron chi connectivity index (χ3n) is 3.62. The molecule has 0 aliphatic rings. The van der Waals surface area contributed by atoms with Crippen molar-refractivity contribution in [3.8, 4) is 11.6 Å². The second kappa shape index (κ2) is 9.92. The topological polar surface area (TPSA) is 94.7 Å². The van der Waals surface area contributed by atoms with E-state index in [4.69, 9.17) is 12.8 Å². The number of pyridine rings is 1. The van der Waals surface area contributed by atoms with Crippen LogP contribution in [0.1, 0.15) is 23.6 Å². The molecule has 2 aromatic heterocycles. The minimum Gasteiger partial charge on any atom is -0.435 e. The Morgan fingerprint density at radius 3 is 2.66 bits per heavy atom. The van der Waals surface area contributed by atoms with E-state index in [0.717, 1.165) is 16.6 Å². The van der Waals surface area contributed by atoms with E-state index in [1.807, 2.05) is 32.0 Å². The van der Waals surface area contributed by atoms with Gasteiger partial charge in [0, 0.05) is 11.8 Å². The van der Waals surface area contributed by atoms with Gasteiger partial charge in [-0.15, -0.1) is 0 Å². The summed E-state index contributed by atoms with van der Waals surface area (Å²) in [5.74, 6) is 0.402. The van der Waals surface area contributed by atoms with E-state index in [1.54, 1.807) is 6.07 Å². The molecule has 0 spiro atoms. The van der Waals surface area contributed by atoms with Gasteiger partial charge < -0.3 is 9.25 Å². The Morgan fingerprint density at radius 1 is 1.28 bits per heavy atom. The molecule has 1 aromatic carbocycles. The van der Waals surface area contributed by atoms with Crippen molar-refractivity contribution in [1.29, 1.82) is 0 Å². The standard InChI is InChI=1S/C18H16F3N3O2.O2S/c1-3-13-7-12(9-23-25-10-18(19,20)21)8-22-16(13)17-24-14-6-11(2)4-5-15(14)26-17;1-3-2/h4-9H,3,10H2,1-2H3;/b23-9+;. The van der Waals surface area contributed by atoms with Gasteiger partial charge in [-0.25, -0.2) is 4.98 Å². The van der Waals surface area contributed by atoms with E-state index in [0.29, 0.717) is 29.2 Å². The summed E-state index contributed by atoms with van der Waals surface area (Å²) in [6.07, 6.45) is -1.10. The number of benzene rings is 1. The second-order valence-corrected chi connectivity index (χ2v) is 5.95. The number of aromatic nitrogens is 2. The Morgan fingerprint density at radius 2 is 2.00 bits per heavy atom. The van der Waals surface area contributed by atoms with Crippen molar-refractivity contribution in [2.75, 3.05) is 6.61 Å². The van der Waals surface area contributed by atoms with Crippen molar-refractivity contribution in [1.82, 2.24) is 9.97 Å². The molecule has 7 nitrogen and oxygen atoms in total. The van der Waals surface area contributed by atoms with Crippen molar-refractivity contribution in [3.05, 3.63) is 47.2 Å². The van der Waals surface area contributed by atoms with Gasteiger partial charge in [0.2, 0.25) is 12.5 Å². The highest BCUT2D eigenvalue weighted by molar-refractivity contribution is 7.51. The molecule has 2 heterocycles. The van der Waals surface area contributed by atoms with E-state index in [9.17, 15) is 13.2 Å². The molecule has 0 radical (unpaired) electrons. The van der Waals surface area contributed by atoms with E-state index >= 15 is 0 Å². The molecule has 29 heavy (non-hydrogen) atoms. The Bertz CT molecular complexity index is 1040. The van der Waals surface area contributed by atoms with Gasteiger partial charge in [0.1, 0.15) is 11.2 Å². The first kappa shape index (κ1) is 22.2. The number of hydrogen-bond donors (Lipinski definition) is 0. The van der Waals surface area contributed by atoms with Crippen LogP contribution in [-0.4, -0.2) is 37.4 Å². The molecule has 11 heteroatoms. The Hall–Kier alpha value is -3.08. The Labute approximate surface area is 167 Å². The van der Waals surface area contributed by atoms with Crippen molar-refractivity contribution in [3.63, 3.8) is 0 Å². The van der Waals surface area contributed by atoms with E-state index in [2.05, 4.69) is 20.0 Å². The summed E-state index contributed by atoms with van der Waals surface area (Å²) in [4.78, 5) is 13.0. The molecule has 0 aliphatic carbocycles. The highest BCUT2D eigenvalue weighted by Crippen LogP contribution is 2.26. The Kier molecular flexibility index (Phi) is 7.59. The largest absolute Gasteiger partial charge is 0.435 e. The van der Waals surface area contributed by atoms with Crippen LogP contribution in [0.3, 0.4) is 0 Å². The zero-order valence-electron chi connectivity index (χ0n) is 15.4. The van der Waals surface area contributed by atoms with Crippen LogP contribution in [0.5, 0.6) is 0 Å². The number of halogens is 3. The predicted molar refractivity (Wildman–Crippen MR) is 99.9 cm³/mol. The second-order valence-electron chi connectivity index (χ2n) is 5.81. The zero-order chi connectivity index (χ0) is 21.4. The van der Waals surface area contributed by atoms with Gasteiger partial charge in [0.25, 0.3) is 0 Å². The number of alkyl halides is 3. The summed E-state index contributed by atoms with van der Waals surface area (Å²) in [5, 5.41) is 3.33. The lowest BCUT2D eigenvalue weighted by Crippen LogP contribution is -2.14. The number of rotatable bonds is 5. The average molecular weight is 427 g/mol. The molecule has 0 saturated carbocycles. The minimum atomic E-state index is -4.42. The fourth-order valence-corrected chi connectivity index (χ4v) is 2.41. The summed E-state index contributed by atoms with van der Waals surface area (Å²) < 4.78 is 58.4. The van der Waals surface area contributed by atoms with Gasteiger partial charge in [0.05, 0.1) is 6.21 Å². The van der Waals surface area contributed by atoms with Gasteiger partial charge in [-0.3, -0.25) is 4.98 Å². The van der Waals surface area contributed by atoms with Crippen molar-refractivity contribution in [2.24, 2.45) is 5.16 Å². The minimum absolute atomic E-state index is 0.402. The first-order chi connectivity index (χ1) is 13.8. The molecule has 0 amide bonds. The maximum Gasteiger partial charge on any atom is 0.425 e. The van der Waals surface area contributed by atoms with Gasteiger partial charge in [-0.05, 0) is 42.7 Å². The summed E-state index contributed by atoms with van der Waals surface area (Å²) in [6.45, 7) is 2.48. The van der Waals surface area contributed by atoms with Crippen LogP contribution in [0.4, 0.5) is 13.2 Å². The summed E-state index contributed by atoms with van der Waals surface area (Å²) in [7, 11) is 0. The summed E-state index contributed by atoms with van der Waals surface area (Å²) >= 11 is -0.750. The number of oxime groups is 1. The van der Waals surface area contributed by atoms with E-state index < -0.39 is 24.4 Å². The molecule has 0 N–H and O–H groups in total. The third kappa shape index (κ3) is 6.49.